The van der Waals surface area contributed by atoms with Crippen LogP contribution in [0.4, 0.5) is 13.2 Å². The van der Waals surface area contributed by atoms with Gasteiger partial charge in [-0.25, -0.2) is 4.79 Å². The van der Waals surface area contributed by atoms with Crippen LogP contribution in [0.3, 0.4) is 0 Å². The molecule has 0 aromatic heterocycles. The van der Waals surface area contributed by atoms with Gasteiger partial charge in [-0.3, -0.25) is 0 Å². The van der Waals surface area contributed by atoms with E-state index in [1.165, 1.54) is 18.2 Å². The Balaban J connectivity index is 2.49. The topological polar surface area (TPSA) is 61.5 Å². The number of benzene rings is 1. The Morgan fingerprint density at radius 1 is 1.33 bits per heavy atom. The minimum atomic E-state index is -4.73. The molecule has 1 aromatic carbocycles. The van der Waals surface area contributed by atoms with Gasteiger partial charge in [0.05, 0.1) is 5.57 Å². The summed E-state index contributed by atoms with van der Waals surface area (Å²) in [6.45, 7) is 0. The Labute approximate surface area is 99.7 Å². The Hall–Kier alpha value is -2.02. The van der Waals surface area contributed by atoms with Crippen molar-refractivity contribution in [3.8, 4) is 5.75 Å². The Morgan fingerprint density at radius 3 is 2.61 bits per heavy atom. The van der Waals surface area contributed by atoms with Crippen LogP contribution in [0.25, 0.3) is 6.08 Å². The van der Waals surface area contributed by atoms with Gasteiger partial charge in [0.15, 0.2) is 0 Å². The minimum Gasteiger partial charge on any atom is -0.475 e. The molecule has 2 N–H and O–H groups in total. The van der Waals surface area contributed by atoms with E-state index in [0.29, 0.717) is 5.56 Å². The lowest BCUT2D eigenvalue weighted by Crippen LogP contribution is -2.41. The molecule has 7 heteroatoms. The van der Waals surface area contributed by atoms with E-state index in [9.17, 15) is 18.0 Å². The maximum absolute atomic E-state index is 12.8. The van der Waals surface area contributed by atoms with E-state index in [2.05, 4.69) is 10.7 Å². The van der Waals surface area contributed by atoms with Gasteiger partial charge >= 0.3 is 12.1 Å². The summed E-state index contributed by atoms with van der Waals surface area (Å²) in [7, 11) is 0. The van der Waals surface area contributed by atoms with Crippen molar-refractivity contribution in [3.05, 3.63) is 35.4 Å². The molecular formula is C11H8F3NO3. The number of hydrogen-bond donors (Lipinski definition) is 1. The van der Waals surface area contributed by atoms with Crippen molar-refractivity contribution in [2.75, 3.05) is 0 Å². The molecule has 0 radical (unpaired) electrons. The number of ether oxygens (including phenoxy) is 1. The van der Waals surface area contributed by atoms with Crippen molar-refractivity contribution < 1.29 is 27.5 Å². The van der Waals surface area contributed by atoms with Gasteiger partial charge in [-0.1, -0.05) is 18.2 Å². The first-order chi connectivity index (χ1) is 8.43. The van der Waals surface area contributed by atoms with Crippen molar-refractivity contribution in [3.63, 3.8) is 0 Å². The zero-order valence-electron chi connectivity index (χ0n) is 8.90. The van der Waals surface area contributed by atoms with Crippen molar-refractivity contribution in [1.29, 1.82) is 0 Å². The van der Waals surface area contributed by atoms with E-state index in [0.717, 1.165) is 6.08 Å². The van der Waals surface area contributed by atoms with Gasteiger partial charge in [0, 0.05) is 5.56 Å². The number of rotatable bonds is 1. The lowest BCUT2D eigenvalue weighted by molar-refractivity contribution is -0.188. The van der Waals surface area contributed by atoms with E-state index in [-0.39, 0.29) is 5.75 Å². The number of halogens is 3. The summed E-state index contributed by atoms with van der Waals surface area (Å²) in [5.74, 6) is 3.39. The molecule has 1 heterocycles. The van der Waals surface area contributed by atoms with Crippen LogP contribution < -0.4 is 10.6 Å². The summed E-state index contributed by atoms with van der Waals surface area (Å²) >= 11 is 0. The normalized spacial score (nSPS) is 18.4. The fraction of sp³-hybridized carbons (Fsp3) is 0.182. The number of carbonyl (C=O) groups is 1. The van der Waals surface area contributed by atoms with Crippen molar-refractivity contribution >= 4 is 12.0 Å². The van der Waals surface area contributed by atoms with Gasteiger partial charge in [-0.05, 0) is 12.1 Å². The fourth-order valence-corrected chi connectivity index (χ4v) is 1.62. The molecule has 0 aliphatic carbocycles. The number of nitrogens with two attached hydrogens (primary N) is 1. The molecule has 4 nitrogen and oxygen atoms in total. The van der Waals surface area contributed by atoms with Crippen LogP contribution in [0.15, 0.2) is 29.8 Å². The van der Waals surface area contributed by atoms with Crippen LogP contribution in [0.1, 0.15) is 5.56 Å². The third-order valence-electron chi connectivity index (χ3n) is 2.40. The zero-order valence-corrected chi connectivity index (χ0v) is 8.90. The van der Waals surface area contributed by atoms with Gasteiger partial charge < -0.3 is 9.57 Å². The second kappa shape index (κ2) is 4.34. The molecule has 0 amide bonds. The lowest BCUT2D eigenvalue weighted by Gasteiger charge is -2.27. The van der Waals surface area contributed by atoms with Crippen LogP contribution in [0.2, 0.25) is 0 Å². The third-order valence-corrected chi connectivity index (χ3v) is 2.40. The SMILES string of the molecule is NOC(=O)C1=Cc2ccccc2OC1C(F)(F)F. The molecule has 0 bridgehead atoms. The molecule has 1 atom stereocenters. The summed E-state index contributed by atoms with van der Waals surface area (Å²) in [5, 5.41) is 0. The molecule has 1 aliphatic heterocycles. The Morgan fingerprint density at radius 2 is 2.00 bits per heavy atom. The largest absolute Gasteiger partial charge is 0.475 e. The summed E-state index contributed by atoms with van der Waals surface area (Å²) in [6.07, 6.45) is -6.04. The highest BCUT2D eigenvalue weighted by Gasteiger charge is 2.48. The monoisotopic (exact) mass is 259 g/mol. The number of fused-ring (bicyclic) bond motifs is 1. The summed E-state index contributed by atoms with van der Waals surface area (Å²) in [5.41, 5.74) is -0.317. The highest BCUT2D eigenvalue weighted by Crippen LogP contribution is 2.37. The first kappa shape index (κ1) is 12.4. The predicted molar refractivity (Wildman–Crippen MR) is 55.2 cm³/mol. The fourth-order valence-electron chi connectivity index (χ4n) is 1.62. The molecule has 1 aromatic rings. The van der Waals surface area contributed by atoms with Gasteiger partial charge in [0.2, 0.25) is 6.10 Å². The zero-order chi connectivity index (χ0) is 13.3. The van der Waals surface area contributed by atoms with Gasteiger partial charge in [0.1, 0.15) is 5.75 Å². The van der Waals surface area contributed by atoms with Crippen molar-refractivity contribution in [1.82, 2.24) is 0 Å². The first-order valence-corrected chi connectivity index (χ1v) is 4.88. The lowest BCUT2D eigenvalue weighted by atomic mass is 10.0. The molecular weight excluding hydrogens is 251 g/mol. The number of hydrogen-bond acceptors (Lipinski definition) is 4. The highest BCUT2D eigenvalue weighted by molar-refractivity contribution is 5.96. The smallest absolute Gasteiger partial charge is 0.430 e. The van der Waals surface area contributed by atoms with Crippen LogP contribution >= 0.6 is 0 Å². The second-order valence-corrected chi connectivity index (χ2v) is 3.58. The molecule has 0 fully saturated rings. The minimum absolute atomic E-state index is 0.0494. The van der Waals surface area contributed by atoms with Gasteiger partial charge in [-0.15, -0.1) is 0 Å². The van der Waals surface area contributed by atoms with Crippen LogP contribution in [0, 0.1) is 0 Å². The molecule has 0 spiro atoms. The second-order valence-electron chi connectivity index (χ2n) is 3.58. The average molecular weight is 259 g/mol. The van der Waals surface area contributed by atoms with Gasteiger partial charge in [0.25, 0.3) is 0 Å². The van der Waals surface area contributed by atoms with Crippen molar-refractivity contribution in [2.24, 2.45) is 5.90 Å². The van der Waals surface area contributed by atoms with Gasteiger partial charge in [-0.2, -0.15) is 19.1 Å². The molecule has 96 valence electrons. The highest BCUT2D eigenvalue weighted by atomic mass is 19.4. The van der Waals surface area contributed by atoms with E-state index in [1.807, 2.05) is 0 Å². The molecule has 1 aliphatic rings. The van der Waals surface area contributed by atoms with Crippen LogP contribution in [0.5, 0.6) is 5.75 Å². The molecule has 0 saturated carbocycles. The summed E-state index contributed by atoms with van der Waals surface area (Å²) < 4.78 is 43.1. The van der Waals surface area contributed by atoms with Crippen LogP contribution in [-0.4, -0.2) is 18.2 Å². The maximum Gasteiger partial charge on any atom is 0.430 e. The molecule has 2 rings (SSSR count). The molecule has 0 saturated heterocycles. The quantitative estimate of drug-likeness (QED) is 0.781. The maximum atomic E-state index is 12.8. The first-order valence-electron chi connectivity index (χ1n) is 4.88. The van der Waals surface area contributed by atoms with Crippen molar-refractivity contribution in [2.45, 2.75) is 12.3 Å². The number of carbonyl (C=O) groups excluding carboxylic acids is 1. The van der Waals surface area contributed by atoms with E-state index >= 15 is 0 Å². The third kappa shape index (κ3) is 2.17. The van der Waals surface area contributed by atoms with E-state index < -0.39 is 23.8 Å². The average Bonchev–Trinajstić information content (AvgIpc) is 2.35. The Bertz CT molecular complexity index is 511. The molecule has 18 heavy (non-hydrogen) atoms. The summed E-state index contributed by atoms with van der Waals surface area (Å²) in [4.78, 5) is 15.1. The molecule has 1 unspecified atom stereocenters. The van der Waals surface area contributed by atoms with Crippen LogP contribution in [-0.2, 0) is 9.63 Å². The number of para-hydroxylation sites is 1. The number of alkyl halides is 3. The van der Waals surface area contributed by atoms with E-state index in [1.54, 1.807) is 6.07 Å². The standard InChI is InChI=1S/C11H8F3NO3/c12-11(13,14)9-7(10(16)18-15)5-6-3-1-2-4-8(6)17-9/h1-5,9H,15H2. The predicted octanol–water partition coefficient (Wildman–Crippen LogP) is 1.81. The summed E-state index contributed by atoms with van der Waals surface area (Å²) in [6, 6.07) is 6.05. The van der Waals surface area contributed by atoms with E-state index in [4.69, 9.17) is 4.74 Å². The Kier molecular flexibility index (Phi) is 3.00.